The summed E-state index contributed by atoms with van der Waals surface area (Å²) >= 11 is 2.21. The van der Waals surface area contributed by atoms with Crippen molar-refractivity contribution in [2.45, 2.75) is 22.7 Å². The van der Waals surface area contributed by atoms with Crippen molar-refractivity contribution < 1.29 is 9.84 Å². The number of halogens is 1. The summed E-state index contributed by atoms with van der Waals surface area (Å²) in [5.41, 5.74) is 4.98. The van der Waals surface area contributed by atoms with Gasteiger partial charge in [0, 0.05) is 16.5 Å². The van der Waals surface area contributed by atoms with Crippen LogP contribution in [0.3, 0.4) is 0 Å². The second-order valence-electron chi connectivity index (χ2n) is 3.61. The van der Waals surface area contributed by atoms with Gasteiger partial charge < -0.3 is 15.6 Å². The zero-order valence-corrected chi connectivity index (χ0v) is 10.6. The minimum Gasteiger partial charge on any atom is -0.394 e. The lowest BCUT2D eigenvalue weighted by Gasteiger charge is -2.14. The maximum atomic E-state index is 11.6. The highest BCUT2D eigenvalue weighted by atomic mass is 127. The van der Waals surface area contributed by atoms with Crippen LogP contribution in [0.5, 0.6) is 0 Å². The summed E-state index contributed by atoms with van der Waals surface area (Å²) in [6.45, 7) is -0.0404. The minimum atomic E-state index is -0.424. The number of rotatable bonds is 2. The van der Waals surface area contributed by atoms with Crippen LogP contribution in [-0.2, 0) is 4.74 Å². The van der Waals surface area contributed by atoms with Crippen LogP contribution in [-0.4, -0.2) is 31.3 Å². The Kier molecular flexibility index (Phi) is 3.45. The first kappa shape index (κ1) is 11.8. The molecule has 88 valence electrons. The van der Waals surface area contributed by atoms with E-state index >= 15 is 0 Å². The number of hydrogen-bond donors (Lipinski definition) is 2. The molecule has 1 aliphatic heterocycles. The van der Waals surface area contributed by atoms with Crippen molar-refractivity contribution in [2.24, 2.45) is 0 Å². The van der Waals surface area contributed by atoms with Crippen molar-refractivity contribution in [2.75, 3.05) is 12.3 Å². The first-order valence-corrected chi connectivity index (χ1v) is 6.11. The Balaban J connectivity index is 2.23. The topological polar surface area (TPSA) is 90.4 Å². The van der Waals surface area contributed by atoms with Gasteiger partial charge in [-0.15, -0.1) is 0 Å². The maximum Gasteiger partial charge on any atom is 0.351 e. The number of hydrogen-bond acceptors (Lipinski definition) is 5. The zero-order chi connectivity index (χ0) is 11.7. The van der Waals surface area contributed by atoms with Crippen LogP contribution in [0.2, 0.25) is 0 Å². The molecule has 0 unspecified atom stereocenters. The van der Waals surface area contributed by atoms with Gasteiger partial charge in [-0.1, -0.05) is 22.6 Å². The number of aliphatic hydroxyl groups is 1. The van der Waals surface area contributed by atoms with Crippen molar-refractivity contribution >= 4 is 28.4 Å². The van der Waals surface area contributed by atoms with Gasteiger partial charge in [-0.3, -0.25) is 4.57 Å². The Hall–Kier alpha value is -0.670. The molecule has 6 nitrogen and oxygen atoms in total. The summed E-state index contributed by atoms with van der Waals surface area (Å²) in [7, 11) is 0. The molecule has 2 heterocycles. The lowest BCUT2D eigenvalue weighted by molar-refractivity contribution is -0.0230. The van der Waals surface area contributed by atoms with Gasteiger partial charge in [0.2, 0.25) is 0 Å². The van der Waals surface area contributed by atoms with Crippen molar-refractivity contribution in [3.63, 3.8) is 0 Å². The van der Waals surface area contributed by atoms with Gasteiger partial charge in [-0.25, -0.2) is 4.79 Å². The van der Waals surface area contributed by atoms with Crippen molar-refractivity contribution in [1.82, 2.24) is 9.55 Å². The molecule has 1 saturated heterocycles. The average molecular weight is 337 g/mol. The van der Waals surface area contributed by atoms with Crippen LogP contribution in [0.1, 0.15) is 12.6 Å². The lowest BCUT2D eigenvalue weighted by atomic mass is 10.2. The summed E-state index contributed by atoms with van der Waals surface area (Å²) in [6.07, 6.45) is 1.66. The molecule has 0 bridgehead atoms. The van der Waals surface area contributed by atoms with E-state index in [0.29, 0.717) is 6.42 Å². The number of alkyl halides is 1. The van der Waals surface area contributed by atoms with Crippen LogP contribution >= 0.6 is 22.6 Å². The highest BCUT2D eigenvalue weighted by Gasteiger charge is 2.34. The Bertz CT molecular complexity index is 436. The minimum absolute atomic E-state index is 0.0404. The van der Waals surface area contributed by atoms with E-state index < -0.39 is 5.69 Å². The Morgan fingerprint density at radius 2 is 2.50 bits per heavy atom. The third-order valence-corrected chi connectivity index (χ3v) is 3.81. The molecule has 1 aliphatic rings. The van der Waals surface area contributed by atoms with Crippen LogP contribution in [0, 0.1) is 0 Å². The quantitative estimate of drug-likeness (QED) is 0.581. The fourth-order valence-corrected chi connectivity index (χ4v) is 2.50. The smallest absolute Gasteiger partial charge is 0.351 e. The van der Waals surface area contributed by atoms with Crippen molar-refractivity contribution in [3.8, 4) is 0 Å². The number of aromatic nitrogens is 2. The molecule has 7 heteroatoms. The average Bonchev–Trinajstić information content (AvgIpc) is 2.59. The third kappa shape index (κ3) is 2.20. The summed E-state index contributed by atoms with van der Waals surface area (Å²) in [6, 6.07) is 1.55. The largest absolute Gasteiger partial charge is 0.394 e. The predicted molar refractivity (Wildman–Crippen MR) is 66.3 cm³/mol. The van der Waals surface area contributed by atoms with Gasteiger partial charge in [0.25, 0.3) is 0 Å². The maximum absolute atomic E-state index is 11.6. The van der Waals surface area contributed by atoms with Gasteiger partial charge >= 0.3 is 5.69 Å². The number of nitrogens with two attached hydrogens (primary N) is 1. The van der Waals surface area contributed by atoms with Crippen molar-refractivity contribution in [1.29, 1.82) is 0 Å². The SMILES string of the molecule is Nc1ccn([C@H]2C[C@H](I)[C@@H](CO)O2)c(=O)n1. The van der Waals surface area contributed by atoms with Crippen LogP contribution in [0.4, 0.5) is 5.82 Å². The highest BCUT2D eigenvalue weighted by molar-refractivity contribution is 14.1. The fraction of sp³-hybridized carbons (Fsp3) is 0.556. The third-order valence-electron chi connectivity index (χ3n) is 2.50. The predicted octanol–water partition coefficient (Wildman–Crippen LogP) is -0.0911. The molecular formula is C9H12IN3O3. The van der Waals surface area contributed by atoms with E-state index in [1.54, 1.807) is 12.3 Å². The number of nitrogens with zero attached hydrogens (tertiary/aromatic N) is 2. The van der Waals surface area contributed by atoms with Gasteiger partial charge in [0.15, 0.2) is 0 Å². The Morgan fingerprint density at radius 3 is 3.06 bits per heavy atom. The normalized spacial score (nSPS) is 29.5. The van der Waals surface area contributed by atoms with Gasteiger partial charge in [0.1, 0.15) is 12.0 Å². The van der Waals surface area contributed by atoms with Gasteiger partial charge in [-0.05, 0) is 6.07 Å². The molecule has 3 atom stereocenters. The molecule has 0 aliphatic carbocycles. The number of nitrogen functional groups attached to an aromatic ring is 1. The molecule has 1 aromatic rings. The molecule has 0 spiro atoms. The van der Waals surface area contributed by atoms with E-state index in [2.05, 4.69) is 27.6 Å². The van der Waals surface area contributed by atoms with E-state index in [1.807, 2.05) is 0 Å². The van der Waals surface area contributed by atoms with Gasteiger partial charge in [0.05, 0.1) is 12.7 Å². The van der Waals surface area contributed by atoms with E-state index in [-0.39, 0.29) is 28.7 Å². The summed E-state index contributed by atoms with van der Waals surface area (Å²) in [4.78, 5) is 15.2. The Morgan fingerprint density at radius 1 is 1.75 bits per heavy atom. The van der Waals surface area contributed by atoms with Crippen LogP contribution < -0.4 is 11.4 Å². The van der Waals surface area contributed by atoms with E-state index in [4.69, 9.17) is 15.6 Å². The number of aliphatic hydroxyl groups excluding tert-OH is 1. The molecule has 0 amide bonds. The molecule has 1 fully saturated rings. The fourth-order valence-electron chi connectivity index (χ4n) is 1.67. The molecule has 16 heavy (non-hydrogen) atoms. The first-order valence-electron chi connectivity index (χ1n) is 4.87. The van der Waals surface area contributed by atoms with Crippen molar-refractivity contribution in [3.05, 3.63) is 22.7 Å². The van der Waals surface area contributed by atoms with E-state index in [1.165, 1.54) is 4.57 Å². The zero-order valence-electron chi connectivity index (χ0n) is 8.41. The number of ether oxygens (including phenoxy) is 1. The molecular weight excluding hydrogens is 325 g/mol. The lowest BCUT2D eigenvalue weighted by Crippen LogP contribution is -2.27. The second kappa shape index (κ2) is 4.68. The second-order valence-corrected chi connectivity index (χ2v) is 5.21. The van der Waals surface area contributed by atoms with E-state index in [9.17, 15) is 4.79 Å². The van der Waals surface area contributed by atoms with Crippen LogP contribution in [0.25, 0.3) is 0 Å². The monoisotopic (exact) mass is 337 g/mol. The molecule has 1 aromatic heterocycles. The van der Waals surface area contributed by atoms with Gasteiger partial charge in [-0.2, -0.15) is 4.98 Å². The molecule has 2 rings (SSSR count). The first-order chi connectivity index (χ1) is 7.61. The van der Waals surface area contributed by atoms with E-state index in [0.717, 1.165) is 0 Å². The van der Waals surface area contributed by atoms with Crippen LogP contribution in [0.15, 0.2) is 17.1 Å². The molecule has 3 N–H and O–H groups in total. The highest BCUT2D eigenvalue weighted by Crippen LogP contribution is 2.32. The summed E-state index contributed by atoms with van der Waals surface area (Å²) in [5, 5.41) is 9.06. The standard InChI is InChI=1S/C9H12IN3O3/c10-5-3-8(16-6(5)4-14)13-2-1-7(11)12-9(13)15/h1-2,5-6,8,14H,3-4H2,(H2,11,12,15)/t5-,6+,8+/m0/s1. The molecule has 0 radical (unpaired) electrons. The summed E-state index contributed by atoms with van der Waals surface area (Å²) < 4.78 is 7.15. The molecule has 0 aromatic carbocycles. The molecule has 0 saturated carbocycles. The Labute approximate surface area is 106 Å². The summed E-state index contributed by atoms with van der Waals surface area (Å²) in [5.74, 6) is 0.198. The number of anilines is 1.